The van der Waals surface area contributed by atoms with Gasteiger partial charge in [0.2, 0.25) is 5.91 Å². The van der Waals surface area contributed by atoms with E-state index in [0.29, 0.717) is 11.7 Å². The van der Waals surface area contributed by atoms with Gasteiger partial charge in [-0.3, -0.25) is 4.79 Å². The Hall–Kier alpha value is -3.01. The van der Waals surface area contributed by atoms with Crippen LogP contribution in [0, 0.1) is 19.8 Å². The Morgan fingerprint density at radius 3 is 2.62 bits per heavy atom. The Balaban J connectivity index is 1.69. The fourth-order valence-corrected chi connectivity index (χ4v) is 4.89. The molecule has 0 aliphatic heterocycles. The van der Waals surface area contributed by atoms with Crippen LogP contribution in [0.5, 0.6) is 5.75 Å². The van der Waals surface area contributed by atoms with Crippen LogP contribution in [0.3, 0.4) is 0 Å². The van der Waals surface area contributed by atoms with Gasteiger partial charge in [-0.05, 0) is 62.3 Å². The first kappa shape index (κ1) is 22.2. The van der Waals surface area contributed by atoms with Gasteiger partial charge in [-0.15, -0.1) is 0 Å². The second-order valence-electron chi connectivity index (χ2n) is 9.22. The zero-order valence-electron chi connectivity index (χ0n) is 19.7. The highest BCUT2D eigenvalue weighted by molar-refractivity contribution is 6.00. The summed E-state index contributed by atoms with van der Waals surface area (Å²) in [7, 11) is 1.65. The third-order valence-corrected chi connectivity index (χ3v) is 6.78. The van der Waals surface area contributed by atoms with Gasteiger partial charge in [0.1, 0.15) is 11.3 Å². The van der Waals surface area contributed by atoms with E-state index in [4.69, 9.17) is 9.15 Å². The highest BCUT2D eigenvalue weighted by Gasteiger charge is 2.22. The molecule has 2 atom stereocenters. The number of methoxy groups -OCH3 is 1. The van der Waals surface area contributed by atoms with E-state index in [0.717, 1.165) is 39.7 Å². The van der Waals surface area contributed by atoms with Crippen molar-refractivity contribution in [2.45, 2.75) is 59.4 Å². The molecule has 2 aromatic carbocycles. The summed E-state index contributed by atoms with van der Waals surface area (Å²) < 4.78 is 11.5. The molecule has 0 bridgehead atoms. The van der Waals surface area contributed by atoms with E-state index in [1.54, 1.807) is 13.2 Å². The van der Waals surface area contributed by atoms with Crippen LogP contribution in [-0.4, -0.2) is 19.1 Å². The Morgan fingerprint density at radius 2 is 1.91 bits per heavy atom. The Bertz CT molecular complexity index is 1170. The fraction of sp³-hybridized carbons (Fsp3) is 0.393. The van der Waals surface area contributed by atoms with Crippen LogP contribution < -0.4 is 10.1 Å². The number of hydrogen-bond donors (Lipinski definition) is 1. The predicted octanol–water partition coefficient (Wildman–Crippen LogP) is 6.82. The molecule has 1 aromatic heterocycles. The molecule has 1 aliphatic rings. The third kappa shape index (κ3) is 4.45. The van der Waals surface area contributed by atoms with Crippen LogP contribution in [0.15, 0.2) is 47.1 Å². The van der Waals surface area contributed by atoms with E-state index < -0.39 is 0 Å². The van der Waals surface area contributed by atoms with Crippen LogP contribution in [0.1, 0.15) is 56.2 Å². The van der Waals surface area contributed by atoms with Gasteiger partial charge in [-0.25, -0.2) is 0 Å². The number of carbonyl (C=O) groups excluding carboxylic acids is 1. The molecule has 0 spiro atoms. The van der Waals surface area contributed by atoms with Gasteiger partial charge in [-0.2, -0.15) is 0 Å². The van der Waals surface area contributed by atoms with Gasteiger partial charge in [0, 0.05) is 34.7 Å². The van der Waals surface area contributed by atoms with Gasteiger partial charge >= 0.3 is 0 Å². The lowest BCUT2D eigenvalue weighted by Gasteiger charge is -2.29. The van der Waals surface area contributed by atoms with Gasteiger partial charge in [0.25, 0.3) is 0 Å². The van der Waals surface area contributed by atoms with Crippen LogP contribution in [-0.2, 0) is 4.79 Å². The average molecular weight is 432 g/mol. The smallest absolute Gasteiger partial charge is 0.244 e. The van der Waals surface area contributed by atoms with Crippen LogP contribution >= 0.6 is 0 Å². The summed E-state index contributed by atoms with van der Waals surface area (Å²) in [4.78, 5) is 12.8. The van der Waals surface area contributed by atoms with Gasteiger partial charge in [0.15, 0.2) is 0 Å². The van der Waals surface area contributed by atoms with Crippen molar-refractivity contribution in [1.82, 2.24) is 5.32 Å². The number of ether oxygens (including phenoxy) is 1. The minimum atomic E-state index is -0.0369. The quantitative estimate of drug-likeness (QED) is 0.451. The second-order valence-corrected chi connectivity index (χ2v) is 9.22. The SMILES string of the molecule is COc1cc2occ(-c3ccc(C)cc3C)c2cc1/C(C)=C/C(=O)NC1CCCCC1C. The molecule has 4 nitrogen and oxygen atoms in total. The molecular formula is C28H33NO3. The molecule has 168 valence electrons. The summed E-state index contributed by atoms with van der Waals surface area (Å²) >= 11 is 0. The van der Waals surface area contributed by atoms with Crippen molar-refractivity contribution in [2.75, 3.05) is 7.11 Å². The number of amides is 1. The normalized spacial score (nSPS) is 19.2. The van der Waals surface area contributed by atoms with Crippen molar-refractivity contribution in [2.24, 2.45) is 5.92 Å². The minimum Gasteiger partial charge on any atom is -0.496 e. The topological polar surface area (TPSA) is 51.5 Å². The van der Waals surface area contributed by atoms with Crippen molar-refractivity contribution < 1.29 is 13.9 Å². The lowest BCUT2D eigenvalue weighted by molar-refractivity contribution is -0.117. The maximum absolute atomic E-state index is 12.8. The number of benzene rings is 2. The number of rotatable bonds is 5. The van der Waals surface area contributed by atoms with Crippen molar-refractivity contribution in [3.05, 3.63) is 59.4 Å². The Morgan fingerprint density at radius 1 is 1.12 bits per heavy atom. The second kappa shape index (κ2) is 9.23. The lowest BCUT2D eigenvalue weighted by atomic mass is 9.86. The number of aryl methyl sites for hydroxylation is 2. The molecule has 1 aliphatic carbocycles. The summed E-state index contributed by atoms with van der Waals surface area (Å²) in [6.45, 7) is 8.41. The molecular weight excluding hydrogens is 398 g/mol. The highest BCUT2D eigenvalue weighted by atomic mass is 16.5. The monoisotopic (exact) mass is 431 g/mol. The average Bonchev–Trinajstić information content (AvgIpc) is 3.17. The number of fused-ring (bicyclic) bond motifs is 1. The van der Waals surface area contributed by atoms with Gasteiger partial charge < -0.3 is 14.5 Å². The predicted molar refractivity (Wildman–Crippen MR) is 131 cm³/mol. The number of nitrogens with one attached hydrogen (secondary N) is 1. The van der Waals surface area contributed by atoms with Crippen molar-refractivity contribution in [3.8, 4) is 16.9 Å². The highest BCUT2D eigenvalue weighted by Crippen LogP contribution is 2.38. The number of hydrogen-bond acceptors (Lipinski definition) is 3. The maximum atomic E-state index is 12.8. The molecule has 0 radical (unpaired) electrons. The molecule has 1 saturated carbocycles. The molecule has 1 N–H and O–H groups in total. The summed E-state index contributed by atoms with van der Waals surface area (Å²) in [6, 6.07) is 10.7. The van der Waals surface area contributed by atoms with Gasteiger partial charge in [-0.1, -0.05) is 43.5 Å². The summed E-state index contributed by atoms with van der Waals surface area (Å²) in [5, 5.41) is 4.23. The first-order valence-corrected chi connectivity index (χ1v) is 11.5. The molecule has 3 aromatic rings. The van der Waals surface area contributed by atoms with E-state index >= 15 is 0 Å². The first-order valence-electron chi connectivity index (χ1n) is 11.5. The number of furan rings is 1. The Labute approximate surface area is 190 Å². The van der Waals surface area contributed by atoms with Crippen LogP contribution in [0.2, 0.25) is 0 Å². The maximum Gasteiger partial charge on any atom is 0.244 e. The lowest BCUT2D eigenvalue weighted by Crippen LogP contribution is -2.40. The third-order valence-electron chi connectivity index (χ3n) is 6.78. The standard InChI is InChI=1S/C28H33NO3/c1-17-10-11-21(19(3)12-17)24-16-32-27-15-26(31-5)22(14-23(24)27)20(4)13-28(30)29-25-9-7-6-8-18(25)2/h10-16,18,25H,6-9H2,1-5H3,(H,29,30)/b20-13+. The summed E-state index contributed by atoms with van der Waals surface area (Å²) in [6.07, 6.45) is 8.18. The molecule has 4 heteroatoms. The molecule has 2 unspecified atom stereocenters. The molecule has 1 fully saturated rings. The first-order chi connectivity index (χ1) is 15.4. The van der Waals surface area contributed by atoms with Crippen LogP contribution in [0.25, 0.3) is 27.7 Å². The molecule has 1 amide bonds. The van der Waals surface area contributed by atoms with Crippen molar-refractivity contribution in [1.29, 1.82) is 0 Å². The molecule has 0 saturated heterocycles. The largest absolute Gasteiger partial charge is 0.496 e. The zero-order chi connectivity index (χ0) is 22.8. The fourth-order valence-electron chi connectivity index (χ4n) is 4.89. The number of allylic oxidation sites excluding steroid dienone is 1. The van der Waals surface area contributed by atoms with E-state index in [9.17, 15) is 4.79 Å². The number of carbonyl (C=O) groups is 1. The van der Waals surface area contributed by atoms with Gasteiger partial charge in [0.05, 0.1) is 13.4 Å². The van der Waals surface area contributed by atoms with Crippen molar-refractivity contribution in [3.63, 3.8) is 0 Å². The van der Waals surface area contributed by atoms with Crippen LogP contribution in [0.4, 0.5) is 0 Å². The van der Waals surface area contributed by atoms with E-state index in [1.165, 1.54) is 30.4 Å². The molecule has 32 heavy (non-hydrogen) atoms. The molecule has 1 heterocycles. The summed E-state index contributed by atoms with van der Waals surface area (Å²) in [5.41, 5.74) is 7.19. The Kier molecular flexibility index (Phi) is 6.40. The summed E-state index contributed by atoms with van der Waals surface area (Å²) in [5.74, 6) is 1.19. The zero-order valence-corrected chi connectivity index (χ0v) is 19.7. The van der Waals surface area contributed by atoms with E-state index in [-0.39, 0.29) is 11.9 Å². The van der Waals surface area contributed by atoms with E-state index in [1.807, 2.05) is 19.3 Å². The van der Waals surface area contributed by atoms with Crippen molar-refractivity contribution >= 4 is 22.4 Å². The van der Waals surface area contributed by atoms with E-state index in [2.05, 4.69) is 50.4 Å². The minimum absolute atomic E-state index is 0.0369. The molecule has 4 rings (SSSR count).